The van der Waals surface area contributed by atoms with Crippen molar-refractivity contribution in [3.8, 4) is 22.3 Å². The van der Waals surface area contributed by atoms with Crippen LogP contribution in [0.2, 0.25) is 0 Å². The summed E-state index contributed by atoms with van der Waals surface area (Å²) in [5.74, 6) is 0. The molecule has 204 valence electrons. The standard InChI is InChI=1S/C41H40/c1-25-19-26(2)32(27(3)20-25)21-28-13-15-31-33-23-36-34(24-38(33)41(37(31)22-28)17-9-6-10-18-41)39-30-12-8-7-11-29(30)14-16-35(39)40(36,4)5/h7-8,11-16,19-20,22-24H,6,9-10,17-18,21H2,1-5H3. The van der Waals surface area contributed by atoms with Crippen molar-refractivity contribution in [2.45, 2.75) is 84.0 Å². The predicted molar refractivity (Wildman–Crippen MR) is 174 cm³/mol. The van der Waals surface area contributed by atoms with Gasteiger partial charge < -0.3 is 0 Å². The summed E-state index contributed by atoms with van der Waals surface area (Å²) in [4.78, 5) is 0. The van der Waals surface area contributed by atoms with Gasteiger partial charge in [-0.1, -0.05) is 105 Å². The third-order valence-electron chi connectivity index (χ3n) is 11.0. The summed E-state index contributed by atoms with van der Waals surface area (Å²) in [5.41, 5.74) is 19.4. The van der Waals surface area contributed by atoms with E-state index in [0.717, 1.165) is 6.42 Å². The Morgan fingerprint density at radius 2 is 1.32 bits per heavy atom. The van der Waals surface area contributed by atoms with Gasteiger partial charge in [0.25, 0.3) is 0 Å². The van der Waals surface area contributed by atoms with Crippen LogP contribution in [0.4, 0.5) is 0 Å². The summed E-state index contributed by atoms with van der Waals surface area (Å²) >= 11 is 0. The molecule has 1 saturated carbocycles. The van der Waals surface area contributed by atoms with E-state index in [1.165, 1.54) is 104 Å². The number of rotatable bonds is 2. The van der Waals surface area contributed by atoms with Crippen molar-refractivity contribution < 1.29 is 0 Å². The van der Waals surface area contributed by atoms with E-state index in [1.54, 1.807) is 11.1 Å². The first-order valence-electron chi connectivity index (χ1n) is 15.7. The summed E-state index contributed by atoms with van der Waals surface area (Å²) in [7, 11) is 0. The molecule has 0 N–H and O–H groups in total. The van der Waals surface area contributed by atoms with Crippen LogP contribution in [-0.2, 0) is 17.3 Å². The summed E-state index contributed by atoms with van der Waals surface area (Å²) in [5, 5.41) is 2.74. The highest BCUT2D eigenvalue weighted by atomic mass is 14.5. The average molecular weight is 533 g/mol. The number of hydrogen-bond donors (Lipinski definition) is 0. The van der Waals surface area contributed by atoms with Crippen LogP contribution in [0.25, 0.3) is 33.0 Å². The molecule has 3 aliphatic rings. The number of aryl methyl sites for hydroxylation is 3. The second-order valence-electron chi connectivity index (χ2n) is 13.9. The first-order valence-corrected chi connectivity index (χ1v) is 15.7. The monoisotopic (exact) mass is 532 g/mol. The Morgan fingerprint density at radius 1 is 0.610 bits per heavy atom. The molecule has 0 radical (unpaired) electrons. The van der Waals surface area contributed by atoms with Crippen LogP contribution in [-0.4, -0.2) is 0 Å². The van der Waals surface area contributed by atoms with Crippen molar-refractivity contribution in [2.75, 3.05) is 0 Å². The highest BCUT2D eigenvalue weighted by Gasteiger charge is 2.46. The van der Waals surface area contributed by atoms with Gasteiger partial charge in [0.1, 0.15) is 0 Å². The molecule has 8 rings (SSSR count). The molecule has 0 unspecified atom stereocenters. The Labute approximate surface area is 245 Å². The van der Waals surface area contributed by atoms with Gasteiger partial charge >= 0.3 is 0 Å². The van der Waals surface area contributed by atoms with Gasteiger partial charge in [0.2, 0.25) is 0 Å². The lowest BCUT2D eigenvalue weighted by atomic mass is 9.67. The zero-order chi connectivity index (χ0) is 28.1. The Bertz CT molecular complexity index is 1870. The highest BCUT2D eigenvalue weighted by Crippen LogP contribution is 2.60. The zero-order valence-electron chi connectivity index (χ0n) is 25.2. The second-order valence-corrected chi connectivity index (χ2v) is 13.9. The maximum Gasteiger partial charge on any atom is 0.0215 e. The number of benzene rings is 5. The highest BCUT2D eigenvalue weighted by molar-refractivity contribution is 6.03. The minimum Gasteiger partial charge on any atom is -0.0616 e. The van der Waals surface area contributed by atoms with Crippen LogP contribution in [0, 0.1) is 20.8 Å². The maximum atomic E-state index is 2.66. The molecule has 5 aromatic rings. The van der Waals surface area contributed by atoms with Crippen LogP contribution < -0.4 is 0 Å². The molecule has 5 aromatic carbocycles. The fourth-order valence-electron chi connectivity index (χ4n) is 9.03. The van der Waals surface area contributed by atoms with Gasteiger partial charge in [-0.15, -0.1) is 0 Å². The molecule has 0 amide bonds. The number of hydrogen-bond acceptors (Lipinski definition) is 0. The third kappa shape index (κ3) is 3.46. The predicted octanol–water partition coefficient (Wildman–Crippen LogP) is 10.9. The lowest BCUT2D eigenvalue weighted by Crippen LogP contribution is -2.28. The number of fused-ring (bicyclic) bond motifs is 10. The Morgan fingerprint density at radius 3 is 2.10 bits per heavy atom. The molecule has 0 saturated heterocycles. The first-order chi connectivity index (χ1) is 19.8. The lowest BCUT2D eigenvalue weighted by molar-refractivity contribution is 0.352. The van der Waals surface area contributed by atoms with E-state index >= 15 is 0 Å². The second kappa shape index (κ2) is 8.68. The largest absolute Gasteiger partial charge is 0.0616 e. The van der Waals surface area contributed by atoms with E-state index in [4.69, 9.17) is 0 Å². The molecule has 0 nitrogen and oxygen atoms in total. The first kappa shape index (κ1) is 25.1. The average Bonchev–Trinajstić information content (AvgIpc) is 3.35. The fraction of sp³-hybridized carbons (Fsp3) is 0.317. The molecule has 3 aliphatic carbocycles. The third-order valence-corrected chi connectivity index (χ3v) is 11.0. The molecule has 0 aromatic heterocycles. The van der Waals surface area contributed by atoms with Crippen molar-refractivity contribution in [1.82, 2.24) is 0 Å². The van der Waals surface area contributed by atoms with E-state index < -0.39 is 0 Å². The van der Waals surface area contributed by atoms with E-state index in [2.05, 4.69) is 113 Å². The van der Waals surface area contributed by atoms with Gasteiger partial charge in [0.15, 0.2) is 0 Å². The van der Waals surface area contributed by atoms with Crippen LogP contribution in [0.15, 0.2) is 78.9 Å². The SMILES string of the molecule is Cc1cc(C)c(Cc2ccc3c(c2)C2(CCCCC2)c2cc4c(cc2-3)C(C)(C)c2ccc3ccccc3c2-4)c(C)c1. The van der Waals surface area contributed by atoms with Crippen molar-refractivity contribution in [3.63, 3.8) is 0 Å². The Kier molecular flexibility index (Phi) is 5.32. The van der Waals surface area contributed by atoms with Gasteiger partial charge in [0, 0.05) is 10.8 Å². The Balaban J connectivity index is 1.33. The molecule has 0 bridgehead atoms. The molecule has 0 heterocycles. The van der Waals surface area contributed by atoms with Gasteiger partial charge in [0.05, 0.1) is 0 Å². The van der Waals surface area contributed by atoms with Gasteiger partial charge in [-0.2, -0.15) is 0 Å². The summed E-state index contributed by atoms with van der Waals surface area (Å²) in [6.45, 7) is 11.6. The van der Waals surface area contributed by atoms with Crippen LogP contribution >= 0.6 is 0 Å². The van der Waals surface area contributed by atoms with Gasteiger partial charge in [-0.25, -0.2) is 0 Å². The molecular weight excluding hydrogens is 492 g/mol. The van der Waals surface area contributed by atoms with Gasteiger partial charge in [-0.3, -0.25) is 0 Å². The van der Waals surface area contributed by atoms with Crippen LogP contribution in [0.5, 0.6) is 0 Å². The molecule has 0 atom stereocenters. The smallest absolute Gasteiger partial charge is 0.0215 e. The van der Waals surface area contributed by atoms with Crippen LogP contribution in [0.3, 0.4) is 0 Å². The topological polar surface area (TPSA) is 0 Å². The van der Waals surface area contributed by atoms with E-state index in [0.29, 0.717) is 0 Å². The van der Waals surface area contributed by atoms with Crippen molar-refractivity contribution in [2.24, 2.45) is 0 Å². The molecular formula is C41H40. The van der Waals surface area contributed by atoms with E-state index in [1.807, 2.05) is 0 Å². The molecule has 0 aliphatic heterocycles. The Hall–Kier alpha value is -3.64. The normalized spacial score (nSPS) is 17.4. The quantitative estimate of drug-likeness (QED) is 0.212. The molecule has 0 heteroatoms. The minimum absolute atomic E-state index is 0.00730. The van der Waals surface area contributed by atoms with Crippen molar-refractivity contribution in [1.29, 1.82) is 0 Å². The maximum absolute atomic E-state index is 2.66. The van der Waals surface area contributed by atoms with E-state index in [9.17, 15) is 0 Å². The van der Waals surface area contributed by atoms with Crippen molar-refractivity contribution >= 4 is 10.8 Å². The van der Waals surface area contributed by atoms with E-state index in [-0.39, 0.29) is 10.8 Å². The van der Waals surface area contributed by atoms with Crippen molar-refractivity contribution in [3.05, 3.63) is 129 Å². The zero-order valence-corrected chi connectivity index (χ0v) is 25.2. The lowest BCUT2D eigenvalue weighted by Gasteiger charge is -2.36. The van der Waals surface area contributed by atoms with Crippen LogP contribution in [0.1, 0.15) is 96.0 Å². The summed E-state index contributed by atoms with van der Waals surface area (Å²) in [6, 6.07) is 31.2. The molecule has 1 spiro atoms. The fourth-order valence-corrected chi connectivity index (χ4v) is 9.03. The molecule has 1 fully saturated rings. The summed E-state index contributed by atoms with van der Waals surface area (Å²) < 4.78 is 0. The minimum atomic E-state index is -0.00730. The van der Waals surface area contributed by atoms with Gasteiger partial charge in [-0.05, 0) is 130 Å². The molecule has 41 heavy (non-hydrogen) atoms. The summed E-state index contributed by atoms with van der Waals surface area (Å²) in [6.07, 6.45) is 7.55.